The number of thiazole rings is 1. The van der Waals surface area contributed by atoms with Crippen LogP contribution < -0.4 is 16.0 Å². The molecule has 1 saturated heterocycles. The van der Waals surface area contributed by atoms with Gasteiger partial charge in [-0.3, -0.25) is 9.78 Å². The van der Waals surface area contributed by atoms with Gasteiger partial charge in [-0.25, -0.2) is 9.97 Å². The lowest BCUT2D eigenvalue weighted by Gasteiger charge is -2.11. The highest BCUT2D eigenvalue weighted by molar-refractivity contribution is 7.22. The van der Waals surface area contributed by atoms with Gasteiger partial charge in [-0.2, -0.15) is 0 Å². The minimum absolute atomic E-state index is 0.0837. The van der Waals surface area contributed by atoms with E-state index < -0.39 is 0 Å². The van der Waals surface area contributed by atoms with E-state index in [4.69, 9.17) is 0 Å². The van der Waals surface area contributed by atoms with E-state index in [1.165, 1.54) is 0 Å². The second-order valence-corrected chi connectivity index (χ2v) is 8.19. The number of hydrogen-bond acceptors (Lipinski definition) is 7. The molecule has 7 nitrogen and oxygen atoms in total. The summed E-state index contributed by atoms with van der Waals surface area (Å²) in [5.74, 6) is 0.512. The van der Waals surface area contributed by atoms with Gasteiger partial charge in [0.25, 0.3) is 5.91 Å². The van der Waals surface area contributed by atoms with Gasteiger partial charge in [0.1, 0.15) is 5.82 Å². The van der Waals surface area contributed by atoms with Crippen molar-refractivity contribution < 1.29 is 4.79 Å². The van der Waals surface area contributed by atoms with Crippen LogP contribution in [0.3, 0.4) is 0 Å². The molecule has 1 aliphatic heterocycles. The molecule has 4 heterocycles. The molecule has 0 spiro atoms. The molecule has 1 aromatic carbocycles. The predicted octanol–water partition coefficient (Wildman–Crippen LogP) is 3.59. The maximum absolute atomic E-state index is 12.5. The Kier molecular flexibility index (Phi) is 5.08. The van der Waals surface area contributed by atoms with E-state index in [0.717, 1.165) is 46.0 Å². The first-order chi connectivity index (χ1) is 14.7. The average Bonchev–Trinajstić information content (AvgIpc) is 3.43. The Hall–Kier alpha value is -3.36. The van der Waals surface area contributed by atoms with Crippen molar-refractivity contribution in [3.63, 3.8) is 0 Å². The smallest absolute Gasteiger partial charge is 0.251 e. The first-order valence-corrected chi connectivity index (χ1v) is 10.6. The van der Waals surface area contributed by atoms with E-state index >= 15 is 0 Å². The summed E-state index contributed by atoms with van der Waals surface area (Å²) in [6.07, 6.45) is 6.21. The van der Waals surface area contributed by atoms with Crippen molar-refractivity contribution in [3.05, 3.63) is 66.6 Å². The number of nitrogens with zero attached hydrogens (tertiary/aromatic N) is 3. The number of fused-ring (bicyclic) bond motifs is 1. The third-order valence-electron chi connectivity index (χ3n) is 5.04. The van der Waals surface area contributed by atoms with Gasteiger partial charge in [-0.15, -0.1) is 0 Å². The minimum Gasteiger partial charge on any atom is -0.348 e. The summed E-state index contributed by atoms with van der Waals surface area (Å²) in [7, 11) is 0. The molecule has 1 atom stereocenters. The Morgan fingerprint density at radius 1 is 1.13 bits per heavy atom. The quantitative estimate of drug-likeness (QED) is 0.461. The zero-order valence-electron chi connectivity index (χ0n) is 16.1. The maximum atomic E-state index is 12.5. The molecule has 1 aliphatic rings. The molecule has 0 bridgehead atoms. The summed E-state index contributed by atoms with van der Waals surface area (Å²) in [6.45, 7) is 1.75. The van der Waals surface area contributed by atoms with Crippen molar-refractivity contribution >= 4 is 38.4 Å². The number of aromatic nitrogens is 3. The molecule has 1 fully saturated rings. The Morgan fingerprint density at radius 3 is 2.93 bits per heavy atom. The van der Waals surface area contributed by atoms with E-state index in [1.54, 1.807) is 35.9 Å². The molecule has 30 heavy (non-hydrogen) atoms. The molecule has 0 radical (unpaired) electrons. The standard InChI is InChI=1S/C22H20N6OS/c29-21(26-17-6-8-24-13-17)15-5-9-25-20(11-15)28-22-27-18-4-3-14(10-19(18)30-22)16-2-1-7-23-12-16/h1-5,7,9-12,17,24H,6,8,13H2,(H,26,29)(H,25,27,28)/t17-/m0/s1. The summed E-state index contributed by atoms with van der Waals surface area (Å²) in [6, 6.07) is 13.8. The predicted molar refractivity (Wildman–Crippen MR) is 119 cm³/mol. The number of amides is 1. The van der Waals surface area contributed by atoms with Crippen molar-refractivity contribution in [2.75, 3.05) is 18.4 Å². The fourth-order valence-electron chi connectivity index (χ4n) is 3.49. The van der Waals surface area contributed by atoms with Crippen LogP contribution in [0.4, 0.5) is 10.9 Å². The molecule has 1 amide bonds. The topological polar surface area (TPSA) is 91.8 Å². The molecule has 3 aromatic heterocycles. The fraction of sp³-hybridized carbons (Fsp3) is 0.182. The fourth-order valence-corrected chi connectivity index (χ4v) is 4.40. The molecule has 150 valence electrons. The van der Waals surface area contributed by atoms with Crippen LogP contribution in [-0.2, 0) is 0 Å². The molecule has 0 aliphatic carbocycles. The van der Waals surface area contributed by atoms with E-state index in [9.17, 15) is 4.79 Å². The first-order valence-electron chi connectivity index (χ1n) is 9.80. The van der Waals surface area contributed by atoms with Crippen LogP contribution in [0.2, 0.25) is 0 Å². The lowest BCUT2D eigenvalue weighted by molar-refractivity contribution is 0.0940. The van der Waals surface area contributed by atoms with Gasteiger partial charge in [0.05, 0.1) is 10.2 Å². The number of rotatable bonds is 5. The highest BCUT2D eigenvalue weighted by Crippen LogP contribution is 2.31. The Morgan fingerprint density at radius 2 is 2.10 bits per heavy atom. The van der Waals surface area contributed by atoms with Gasteiger partial charge in [0.2, 0.25) is 0 Å². The van der Waals surface area contributed by atoms with Gasteiger partial charge in [-0.05, 0) is 48.9 Å². The van der Waals surface area contributed by atoms with E-state index in [2.05, 4.69) is 37.0 Å². The third-order valence-corrected chi connectivity index (χ3v) is 5.97. The van der Waals surface area contributed by atoms with Crippen LogP contribution in [0, 0.1) is 0 Å². The summed E-state index contributed by atoms with van der Waals surface area (Å²) in [4.78, 5) is 25.7. The number of nitrogens with one attached hydrogen (secondary N) is 3. The highest BCUT2D eigenvalue weighted by atomic mass is 32.1. The van der Waals surface area contributed by atoms with E-state index in [1.807, 2.05) is 30.5 Å². The Labute approximate surface area is 177 Å². The molecule has 0 saturated carbocycles. The molecule has 0 unspecified atom stereocenters. The number of anilines is 2. The monoisotopic (exact) mass is 416 g/mol. The zero-order chi connectivity index (χ0) is 20.3. The highest BCUT2D eigenvalue weighted by Gasteiger charge is 2.18. The lowest BCUT2D eigenvalue weighted by atomic mass is 10.1. The SMILES string of the molecule is O=C(N[C@H]1CCNC1)c1ccnc(Nc2nc3ccc(-c4cccnc4)cc3s2)c1. The van der Waals surface area contributed by atoms with Gasteiger partial charge in [0, 0.05) is 42.3 Å². The number of carbonyl (C=O) groups is 1. The summed E-state index contributed by atoms with van der Waals surface area (Å²) >= 11 is 1.55. The molecular weight excluding hydrogens is 396 g/mol. The molecule has 3 N–H and O–H groups in total. The lowest BCUT2D eigenvalue weighted by Crippen LogP contribution is -2.36. The first kappa shape index (κ1) is 18.7. The van der Waals surface area contributed by atoms with Crippen molar-refractivity contribution in [1.82, 2.24) is 25.6 Å². The summed E-state index contributed by atoms with van der Waals surface area (Å²) in [5, 5.41) is 10.3. The van der Waals surface area contributed by atoms with Crippen molar-refractivity contribution in [2.24, 2.45) is 0 Å². The second-order valence-electron chi connectivity index (χ2n) is 7.16. The maximum Gasteiger partial charge on any atom is 0.251 e. The Balaban J connectivity index is 1.34. The average molecular weight is 417 g/mol. The van der Waals surface area contributed by atoms with Gasteiger partial charge >= 0.3 is 0 Å². The van der Waals surface area contributed by atoms with Crippen LogP contribution in [0.25, 0.3) is 21.3 Å². The largest absolute Gasteiger partial charge is 0.348 e. The van der Waals surface area contributed by atoms with Crippen LogP contribution in [0.15, 0.2) is 61.1 Å². The van der Waals surface area contributed by atoms with Crippen LogP contribution in [0.1, 0.15) is 16.8 Å². The van der Waals surface area contributed by atoms with Gasteiger partial charge in [0.15, 0.2) is 5.13 Å². The van der Waals surface area contributed by atoms with Crippen LogP contribution in [-0.4, -0.2) is 40.0 Å². The third kappa shape index (κ3) is 4.00. The van der Waals surface area contributed by atoms with E-state index in [0.29, 0.717) is 11.4 Å². The van der Waals surface area contributed by atoms with Crippen LogP contribution in [0.5, 0.6) is 0 Å². The number of carbonyl (C=O) groups excluding carboxylic acids is 1. The number of benzene rings is 1. The molecular formula is C22H20N6OS. The van der Waals surface area contributed by atoms with Gasteiger partial charge < -0.3 is 16.0 Å². The number of pyridine rings is 2. The summed E-state index contributed by atoms with van der Waals surface area (Å²) < 4.78 is 1.07. The van der Waals surface area contributed by atoms with Crippen molar-refractivity contribution in [2.45, 2.75) is 12.5 Å². The van der Waals surface area contributed by atoms with E-state index in [-0.39, 0.29) is 11.9 Å². The molecule has 8 heteroatoms. The normalized spacial score (nSPS) is 15.9. The minimum atomic E-state index is -0.0837. The number of hydrogen-bond donors (Lipinski definition) is 3. The van der Waals surface area contributed by atoms with Crippen molar-refractivity contribution in [3.8, 4) is 11.1 Å². The Bertz CT molecular complexity index is 1190. The second kappa shape index (κ2) is 8.17. The molecule has 4 aromatic rings. The van der Waals surface area contributed by atoms with Gasteiger partial charge in [-0.1, -0.05) is 23.5 Å². The summed E-state index contributed by atoms with van der Waals surface area (Å²) in [5.41, 5.74) is 3.67. The molecule has 5 rings (SSSR count). The van der Waals surface area contributed by atoms with Crippen molar-refractivity contribution in [1.29, 1.82) is 0 Å². The zero-order valence-corrected chi connectivity index (χ0v) is 16.9. The van der Waals surface area contributed by atoms with Crippen LogP contribution >= 0.6 is 11.3 Å².